The zero-order valence-corrected chi connectivity index (χ0v) is 7.82. The summed E-state index contributed by atoms with van der Waals surface area (Å²) in [6.07, 6.45) is 3.74. The molecule has 0 aliphatic carbocycles. The molecule has 0 radical (unpaired) electrons. The van der Waals surface area contributed by atoms with E-state index in [4.69, 9.17) is 10.5 Å². The van der Waals surface area contributed by atoms with Crippen LogP contribution in [-0.4, -0.2) is 18.2 Å². The van der Waals surface area contributed by atoms with Gasteiger partial charge in [0, 0.05) is 24.8 Å². The fraction of sp³-hybridized carbons (Fsp3) is 0.500. The summed E-state index contributed by atoms with van der Waals surface area (Å²) in [5, 5.41) is 0. The lowest BCUT2D eigenvalue weighted by molar-refractivity contribution is 0.181. The summed E-state index contributed by atoms with van der Waals surface area (Å²) in [6, 6.07) is 1.27. The summed E-state index contributed by atoms with van der Waals surface area (Å²) in [7, 11) is 0. The van der Waals surface area contributed by atoms with Crippen molar-refractivity contribution in [1.29, 1.82) is 0 Å². The normalized spacial score (nSPS) is 23.7. The third-order valence-electron chi connectivity index (χ3n) is 2.58. The standard InChI is InChI=1S/C10H13FN2O/c11-9-3-8(4-13-5-9)10(12)7-1-2-14-6-7/h3-5,7,10H,1-2,6,12H2. The summed E-state index contributed by atoms with van der Waals surface area (Å²) in [6.45, 7) is 1.42. The Morgan fingerprint density at radius 2 is 2.43 bits per heavy atom. The van der Waals surface area contributed by atoms with Crippen molar-refractivity contribution in [2.75, 3.05) is 13.2 Å². The van der Waals surface area contributed by atoms with Gasteiger partial charge in [-0.1, -0.05) is 0 Å². The number of hydrogen-bond donors (Lipinski definition) is 1. The Labute approximate surface area is 82.1 Å². The van der Waals surface area contributed by atoms with Crippen LogP contribution in [0.1, 0.15) is 18.0 Å². The minimum absolute atomic E-state index is 0.166. The molecule has 0 amide bonds. The van der Waals surface area contributed by atoms with Crippen molar-refractivity contribution in [1.82, 2.24) is 4.98 Å². The highest BCUT2D eigenvalue weighted by atomic mass is 19.1. The largest absolute Gasteiger partial charge is 0.381 e. The van der Waals surface area contributed by atoms with Crippen LogP contribution in [0.25, 0.3) is 0 Å². The van der Waals surface area contributed by atoms with Crippen LogP contribution >= 0.6 is 0 Å². The van der Waals surface area contributed by atoms with Gasteiger partial charge in [-0.2, -0.15) is 0 Å². The smallest absolute Gasteiger partial charge is 0.141 e. The zero-order chi connectivity index (χ0) is 9.97. The van der Waals surface area contributed by atoms with Crippen LogP contribution in [0.5, 0.6) is 0 Å². The van der Waals surface area contributed by atoms with Crippen LogP contribution in [0.3, 0.4) is 0 Å². The van der Waals surface area contributed by atoms with Crippen molar-refractivity contribution in [3.05, 3.63) is 29.8 Å². The van der Waals surface area contributed by atoms with E-state index in [2.05, 4.69) is 4.98 Å². The molecular weight excluding hydrogens is 183 g/mol. The Bertz CT molecular complexity index is 313. The summed E-state index contributed by atoms with van der Waals surface area (Å²) in [4.78, 5) is 3.78. The number of halogens is 1. The van der Waals surface area contributed by atoms with E-state index in [0.717, 1.165) is 18.6 Å². The molecule has 76 valence electrons. The lowest BCUT2D eigenvalue weighted by Gasteiger charge is -2.17. The second kappa shape index (κ2) is 4.02. The average Bonchev–Trinajstić information content (AvgIpc) is 2.69. The van der Waals surface area contributed by atoms with Crippen LogP contribution in [0.15, 0.2) is 18.5 Å². The van der Waals surface area contributed by atoms with Crippen molar-refractivity contribution in [2.45, 2.75) is 12.5 Å². The van der Waals surface area contributed by atoms with Gasteiger partial charge < -0.3 is 10.5 Å². The monoisotopic (exact) mass is 196 g/mol. The van der Waals surface area contributed by atoms with Crippen LogP contribution in [-0.2, 0) is 4.74 Å². The maximum atomic E-state index is 12.9. The average molecular weight is 196 g/mol. The van der Waals surface area contributed by atoms with E-state index in [9.17, 15) is 4.39 Å². The molecule has 3 nitrogen and oxygen atoms in total. The molecule has 0 bridgehead atoms. The first kappa shape index (κ1) is 9.55. The molecule has 1 fully saturated rings. The van der Waals surface area contributed by atoms with Crippen LogP contribution in [0.2, 0.25) is 0 Å². The maximum Gasteiger partial charge on any atom is 0.141 e. The molecule has 4 heteroatoms. The van der Waals surface area contributed by atoms with Gasteiger partial charge >= 0.3 is 0 Å². The van der Waals surface area contributed by atoms with Crippen LogP contribution in [0, 0.1) is 11.7 Å². The molecule has 2 rings (SSSR count). The highest BCUT2D eigenvalue weighted by Crippen LogP contribution is 2.26. The van der Waals surface area contributed by atoms with Crippen molar-refractivity contribution in [3.63, 3.8) is 0 Å². The molecule has 2 heterocycles. The number of nitrogens with zero attached hydrogens (tertiary/aromatic N) is 1. The molecule has 2 atom stereocenters. The SMILES string of the molecule is NC(c1cncc(F)c1)C1CCOC1. The van der Waals surface area contributed by atoms with E-state index in [1.165, 1.54) is 12.3 Å². The lowest BCUT2D eigenvalue weighted by Crippen LogP contribution is -2.21. The molecule has 0 saturated carbocycles. The Morgan fingerprint density at radius 1 is 1.57 bits per heavy atom. The highest BCUT2D eigenvalue weighted by Gasteiger charge is 2.24. The minimum Gasteiger partial charge on any atom is -0.381 e. The molecule has 0 spiro atoms. The molecular formula is C10H13FN2O. The summed E-state index contributed by atoms with van der Waals surface area (Å²) < 4.78 is 18.1. The Morgan fingerprint density at radius 3 is 3.07 bits per heavy atom. The first-order valence-electron chi connectivity index (χ1n) is 4.71. The second-order valence-corrected chi connectivity index (χ2v) is 3.59. The number of hydrogen-bond acceptors (Lipinski definition) is 3. The van der Waals surface area contributed by atoms with Crippen LogP contribution < -0.4 is 5.73 Å². The van der Waals surface area contributed by atoms with E-state index in [1.54, 1.807) is 6.20 Å². The van der Waals surface area contributed by atoms with Gasteiger partial charge in [0.05, 0.1) is 12.8 Å². The molecule has 2 N–H and O–H groups in total. The van der Waals surface area contributed by atoms with Gasteiger partial charge in [0.2, 0.25) is 0 Å². The predicted octanol–water partition coefficient (Wildman–Crippen LogP) is 1.26. The van der Waals surface area contributed by atoms with Crippen molar-refractivity contribution in [3.8, 4) is 0 Å². The van der Waals surface area contributed by atoms with Gasteiger partial charge in [-0.15, -0.1) is 0 Å². The van der Waals surface area contributed by atoms with E-state index in [1.807, 2.05) is 0 Å². The molecule has 1 aromatic rings. The molecule has 1 aromatic heterocycles. The van der Waals surface area contributed by atoms with E-state index >= 15 is 0 Å². The second-order valence-electron chi connectivity index (χ2n) is 3.59. The van der Waals surface area contributed by atoms with E-state index in [0.29, 0.717) is 12.5 Å². The van der Waals surface area contributed by atoms with Gasteiger partial charge in [-0.25, -0.2) is 4.39 Å². The first-order valence-corrected chi connectivity index (χ1v) is 4.71. The number of nitrogens with two attached hydrogens (primary N) is 1. The molecule has 14 heavy (non-hydrogen) atoms. The number of ether oxygens (including phenoxy) is 1. The van der Waals surface area contributed by atoms with Crippen molar-refractivity contribution in [2.24, 2.45) is 11.7 Å². The Hall–Kier alpha value is -1.00. The quantitative estimate of drug-likeness (QED) is 0.774. The highest BCUT2D eigenvalue weighted by molar-refractivity contribution is 5.15. The maximum absolute atomic E-state index is 12.9. The Kier molecular flexibility index (Phi) is 2.74. The third kappa shape index (κ3) is 1.91. The fourth-order valence-corrected chi connectivity index (χ4v) is 1.72. The van der Waals surface area contributed by atoms with Crippen LogP contribution in [0.4, 0.5) is 4.39 Å². The van der Waals surface area contributed by atoms with Gasteiger partial charge in [0.1, 0.15) is 5.82 Å². The summed E-state index contributed by atoms with van der Waals surface area (Å²) in [5.74, 6) is -0.0459. The molecule has 1 aliphatic rings. The zero-order valence-electron chi connectivity index (χ0n) is 7.82. The summed E-state index contributed by atoms with van der Waals surface area (Å²) >= 11 is 0. The Balaban J connectivity index is 2.13. The number of pyridine rings is 1. The van der Waals surface area contributed by atoms with Crippen molar-refractivity contribution < 1.29 is 9.13 Å². The summed E-state index contributed by atoms with van der Waals surface area (Å²) in [5.41, 5.74) is 6.73. The van der Waals surface area contributed by atoms with E-state index in [-0.39, 0.29) is 11.9 Å². The molecule has 2 unspecified atom stereocenters. The van der Waals surface area contributed by atoms with E-state index < -0.39 is 0 Å². The molecule has 0 aromatic carbocycles. The third-order valence-corrected chi connectivity index (χ3v) is 2.58. The van der Waals surface area contributed by atoms with Gasteiger partial charge in [-0.05, 0) is 18.1 Å². The molecule has 1 aliphatic heterocycles. The number of rotatable bonds is 2. The minimum atomic E-state index is -0.336. The van der Waals surface area contributed by atoms with Gasteiger partial charge in [-0.3, -0.25) is 4.98 Å². The fourth-order valence-electron chi connectivity index (χ4n) is 1.72. The number of aromatic nitrogens is 1. The lowest BCUT2D eigenvalue weighted by atomic mass is 9.94. The predicted molar refractivity (Wildman–Crippen MR) is 50.0 cm³/mol. The van der Waals surface area contributed by atoms with Gasteiger partial charge in [0.25, 0.3) is 0 Å². The first-order chi connectivity index (χ1) is 6.77. The molecule has 1 saturated heterocycles. The topological polar surface area (TPSA) is 48.1 Å². The van der Waals surface area contributed by atoms with Crippen molar-refractivity contribution >= 4 is 0 Å². The van der Waals surface area contributed by atoms with Gasteiger partial charge in [0.15, 0.2) is 0 Å².